The van der Waals surface area contributed by atoms with Crippen LogP contribution in [-0.4, -0.2) is 5.11 Å². The zero-order valence-corrected chi connectivity index (χ0v) is 9.87. The van der Waals surface area contributed by atoms with Gasteiger partial charge in [0.05, 0.1) is 0 Å². The van der Waals surface area contributed by atoms with Crippen molar-refractivity contribution < 1.29 is 13.9 Å². The summed E-state index contributed by atoms with van der Waals surface area (Å²) >= 11 is 0. The van der Waals surface area contributed by atoms with Crippen LogP contribution < -0.4 is 5.32 Å². The summed E-state index contributed by atoms with van der Waals surface area (Å²) in [5, 5.41) is 12.5. The molecule has 0 aromatic heterocycles. The van der Waals surface area contributed by atoms with Crippen molar-refractivity contribution in [3.63, 3.8) is 0 Å². The number of benzene rings is 2. The topological polar surface area (TPSA) is 32.3 Å². The molecule has 0 spiro atoms. The van der Waals surface area contributed by atoms with Crippen LogP contribution in [0.1, 0.15) is 11.1 Å². The van der Waals surface area contributed by atoms with E-state index in [-0.39, 0.29) is 18.1 Å². The first-order chi connectivity index (χ1) is 8.54. The third-order valence-electron chi connectivity index (χ3n) is 2.57. The second-order valence-corrected chi connectivity index (χ2v) is 4.14. The Kier molecular flexibility index (Phi) is 3.46. The zero-order valence-electron chi connectivity index (χ0n) is 9.87. The highest BCUT2D eigenvalue weighted by Crippen LogP contribution is 2.20. The molecule has 2 rings (SSSR count). The van der Waals surface area contributed by atoms with E-state index in [1.807, 2.05) is 0 Å². The predicted octanol–water partition coefficient (Wildman–Crippen LogP) is 3.59. The highest BCUT2D eigenvalue weighted by molar-refractivity contribution is 5.47. The van der Waals surface area contributed by atoms with E-state index in [0.29, 0.717) is 11.3 Å². The second kappa shape index (κ2) is 5.04. The Labute approximate surface area is 104 Å². The quantitative estimate of drug-likeness (QED) is 0.871. The predicted molar refractivity (Wildman–Crippen MR) is 66.5 cm³/mol. The molecule has 2 N–H and O–H groups in total. The van der Waals surface area contributed by atoms with Crippen LogP contribution in [0.5, 0.6) is 5.75 Å². The van der Waals surface area contributed by atoms with Crippen LogP contribution in [0, 0.1) is 18.6 Å². The highest BCUT2D eigenvalue weighted by Gasteiger charge is 2.03. The maximum atomic E-state index is 13.1. The summed E-state index contributed by atoms with van der Waals surface area (Å²) < 4.78 is 26.2. The molecule has 18 heavy (non-hydrogen) atoms. The first-order valence-corrected chi connectivity index (χ1v) is 5.53. The van der Waals surface area contributed by atoms with Crippen molar-refractivity contribution in [1.29, 1.82) is 0 Å². The highest BCUT2D eigenvalue weighted by atomic mass is 19.1. The fourth-order valence-corrected chi connectivity index (χ4v) is 1.73. The lowest BCUT2D eigenvalue weighted by atomic mass is 10.1. The van der Waals surface area contributed by atoms with Gasteiger partial charge in [0, 0.05) is 17.8 Å². The van der Waals surface area contributed by atoms with Crippen LogP contribution in [0.25, 0.3) is 0 Å². The Balaban J connectivity index is 2.13. The van der Waals surface area contributed by atoms with E-state index in [4.69, 9.17) is 0 Å². The summed E-state index contributed by atoms with van der Waals surface area (Å²) in [7, 11) is 0. The van der Waals surface area contributed by atoms with E-state index >= 15 is 0 Å². The first-order valence-electron chi connectivity index (χ1n) is 5.53. The SMILES string of the molecule is Cc1cc(F)cc(NCc2cc(F)ccc2O)c1. The molecule has 0 aliphatic heterocycles. The van der Waals surface area contributed by atoms with E-state index < -0.39 is 5.82 Å². The van der Waals surface area contributed by atoms with Gasteiger partial charge in [0.25, 0.3) is 0 Å². The minimum atomic E-state index is -0.417. The molecule has 0 saturated carbocycles. The number of aryl methyl sites for hydroxylation is 1. The van der Waals surface area contributed by atoms with Crippen molar-refractivity contribution in [1.82, 2.24) is 0 Å². The molecule has 0 heterocycles. The molecule has 0 radical (unpaired) electrons. The van der Waals surface area contributed by atoms with Crippen molar-refractivity contribution >= 4 is 5.69 Å². The van der Waals surface area contributed by atoms with Gasteiger partial charge in [-0.25, -0.2) is 8.78 Å². The summed E-state index contributed by atoms with van der Waals surface area (Å²) in [6.07, 6.45) is 0. The molecule has 4 heteroatoms. The van der Waals surface area contributed by atoms with Crippen LogP contribution in [0.4, 0.5) is 14.5 Å². The fourth-order valence-electron chi connectivity index (χ4n) is 1.73. The standard InChI is InChI=1S/C14H13F2NO/c1-9-4-12(16)7-13(5-9)17-8-10-6-11(15)2-3-14(10)18/h2-7,17-18H,8H2,1H3. The van der Waals surface area contributed by atoms with Gasteiger partial charge in [0.1, 0.15) is 17.4 Å². The average Bonchev–Trinajstić information content (AvgIpc) is 2.29. The van der Waals surface area contributed by atoms with Gasteiger partial charge in [0.2, 0.25) is 0 Å². The average molecular weight is 249 g/mol. The Morgan fingerprint density at radius 1 is 1.06 bits per heavy atom. The summed E-state index contributed by atoms with van der Waals surface area (Å²) in [5.41, 5.74) is 1.81. The Morgan fingerprint density at radius 3 is 2.56 bits per heavy atom. The number of nitrogens with one attached hydrogen (secondary N) is 1. The maximum Gasteiger partial charge on any atom is 0.125 e. The summed E-state index contributed by atoms with van der Waals surface area (Å²) in [4.78, 5) is 0. The van der Waals surface area contributed by atoms with Crippen molar-refractivity contribution in [3.8, 4) is 5.75 Å². The van der Waals surface area contributed by atoms with E-state index in [1.165, 1.54) is 30.3 Å². The number of aromatic hydroxyl groups is 1. The maximum absolute atomic E-state index is 13.1. The van der Waals surface area contributed by atoms with Gasteiger partial charge in [-0.1, -0.05) is 0 Å². The molecule has 2 nitrogen and oxygen atoms in total. The number of rotatable bonds is 3. The largest absolute Gasteiger partial charge is 0.508 e. The number of phenols is 1. The molecular formula is C14H13F2NO. The molecule has 0 fully saturated rings. The molecule has 2 aromatic rings. The minimum absolute atomic E-state index is 0.0111. The molecule has 0 saturated heterocycles. The number of halogens is 2. The Bertz CT molecular complexity index is 549. The molecule has 0 atom stereocenters. The van der Waals surface area contributed by atoms with Gasteiger partial charge in [-0.3, -0.25) is 0 Å². The lowest BCUT2D eigenvalue weighted by Crippen LogP contribution is -2.01. The Hall–Kier alpha value is -2.10. The third-order valence-corrected chi connectivity index (χ3v) is 2.57. The van der Waals surface area contributed by atoms with Crippen LogP contribution in [-0.2, 0) is 6.54 Å². The number of anilines is 1. The van der Waals surface area contributed by atoms with Crippen molar-refractivity contribution in [3.05, 3.63) is 59.2 Å². The Morgan fingerprint density at radius 2 is 1.83 bits per heavy atom. The number of phenolic OH excluding ortho intramolecular Hbond substituents is 1. The molecule has 0 aliphatic carbocycles. The normalized spacial score (nSPS) is 10.4. The summed E-state index contributed by atoms with van der Waals surface area (Å²) in [6.45, 7) is 2.01. The number of hydrogen-bond acceptors (Lipinski definition) is 2. The van der Waals surface area contributed by atoms with Gasteiger partial charge >= 0.3 is 0 Å². The lowest BCUT2D eigenvalue weighted by Gasteiger charge is -2.09. The first kappa shape index (κ1) is 12.4. The van der Waals surface area contributed by atoms with Gasteiger partial charge in [-0.2, -0.15) is 0 Å². The zero-order chi connectivity index (χ0) is 13.1. The molecule has 0 bridgehead atoms. The van der Waals surface area contributed by atoms with Crippen molar-refractivity contribution in [2.45, 2.75) is 13.5 Å². The molecule has 0 amide bonds. The minimum Gasteiger partial charge on any atom is -0.508 e. The van der Waals surface area contributed by atoms with E-state index in [9.17, 15) is 13.9 Å². The van der Waals surface area contributed by atoms with Crippen molar-refractivity contribution in [2.75, 3.05) is 5.32 Å². The number of hydrogen-bond donors (Lipinski definition) is 2. The van der Waals surface area contributed by atoms with Crippen LogP contribution in [0.3, 0.4) is 0 Å². The second-order valence-electron chi connectivity index (χ2n) is 4.14. The van der Waals surface area contributed by atoms with Crippen LogP contribution >= 0.6 is 0 Å². The van der Waals surface area contributed by atoms with E-state index in [0.717, 1.165) is 5.56 Å². The molecule has 0 aliphatic rings. The van der Waals surface area contributed by atoms with Gasteiger partial charge in [0.15, 0.2) is 0 Å². The molecule has 0 unspecified atom stereocenters. The van der Waals surface area contributed by atoms with Gasteiger partial charge in [-0.15, -0.1) is 0 Å². The monoisotopic (exact) mass is 249 g/mol. The fraction of sp³-hybridized carbons (Fsp3) is 0.143. The third kappa shape index (κ3) is 2.97. The van der Waals surface area contributed by atoms with Gasteiger partial charge < -0.3 is 10.4 Å². The molecular weight excluding hydrogens is 236 g/mol. The summed E-state index contributed by atoms with van der Waals surface area (Å²) in [6, 6.07) is 8.27. The van der Waals surface area contributed by atoms with E-state index in [1.54, 1.807) is 13.0 Å². The van der Waals surface area contributed by atoms with E-state index in [2.05, 4.69) is 5.32 Å². The molecule has 94 valence electrons. The summed E-state index contributed by atoms with van der Waals surface area (Å²) in [5.74, 6) is -0.738. The van der Waals surface area contributed by atoms with Crippen LogP contribution in [0.15, 0.2) is 36.4 Å². The smallest absolute Gasteiger partial charge is 0.125 e. The van der Waals surface area contributed by atoms with Gasteiger partial charge in [-0.05, 0) is 48.9 Å². The van der Waals surface area contributed by atoms with Crippen LogP contribution in [0.2, 0.25) is 0 Å². The molecule has 2 aromatic carbocycles. The van der Waals surface area contributed by atoms with Crippen molar-refractivity contribution in [2.24, 2.45) is 0 Å². The lowest BCUT2D eigenvalue weighted by molar-refractivity contribution is 0.466.